The Morgan fingerprint density at radius 3 is 2.20 bits per heavy atom. The van der Waals surface area contributed by atoms with Gasteiger partial charge < -0.3 is 10.4 Å². The zero-order valence-corrected chi connectivity index (χ0v) is 12.5. The zero-order chi connectivity index (χ0) is 14.6. The number of carboxylic acid groups (broad SMARTS) is 1. The second-order valence-corrected chi connectivity index (χ2v) is 6.71. The molecule has 0 radical (unpaired) electrons. The highest BCUT2D eigenvalue weighted by atomic mass is 16.4. The highest BCUT2D eigenvalue weighted by Gasteiger charge is 2.37. The lowest BCUT2D eigenvalue weighted by molar-refractivity contribution is -0.144. The summed E-state index contributed by atoms with van der Waals surface area (Å²) < 4.78 is 0. The van der Waals surface area contributed by atoms with E-state index in [1.54, 1.807) is 0 Å². The van der Waals surface area contributed by atoms with Crippen molar-refractivity contribution in [2.24, 2.45) is 17.3 Å². The SMILES string of the molecule is CCCC1(CNC(=O)C2CCC(C(=O)O)CC2)CCC1. The van der Waals surface area contributed by atoms with E-state index in [1.165, 1.54) is 32.1 Å². The minimum atomic E-state index is -0.708. The lowest BCUT2D eigenvalue weighted by atomic mass is 9.66. The third-order valence-electron chi connectivity index (χ3n) is 5.28. The molecule has 0 atom stereocenters. The summed E-state index contributed by atoms with van der Waals surface area (Å²) in [6.07, 6.45) is 8.91. The third-order valence-corrected chi connectivity index (χ3v) is 5.28. The van der Waals surface area contributed by atoms with Crippen molar-refractivity contribution in [1.82, 2.24) is 5.32 Å². The van der Waals surface area contributed by atoms with Crippen LogP contribution in [0, 0.1) is 17.3 Å². The molecule has 0 spiro atoms. The number of carboxylic acids is 1. The summed E-state index contributed by atoms with van der Waals surface area (Å²) in [4.78, 5) is 23.1. The second kappa shape index (κ2) is 6.59. The Kier molecular flexibility index (Phi) is 5.06. The predicted octanol–water partition coefficient (Wildman–Crippen LogP) is 2.96. The van der Waals surface area contributed by atoms with Crippen LogP contribution >= 0.6 is 0 Å². The van der Waals surface area contributed by atoms with Crippen LogP contribution in [-0.2, 0) is 9.59 Å². The Balaban J connectivity index is 1.74. The average Bonchev–Trinajstić information content (AvgIpc) is 2.41. The Hall–Kier alpha value is -1.06. The van der Waals surface area contributed by atoms with Crippen LogP contribution in [0.15, 0.2) is 0 Å². The smallest absolute Gasteiger partial charge is 0.306 e. The van der Waals surface area contributed by atoms with Gasteiger partial charge in [-0.2, -0.15) is 0 Å². The van der Waals surface area contributed by atoms with E-state index in [1.807, 2.05) is 0 Å². The molecule has 2 fully saturated rings. The fraction of sp³-hybridized carbons (Fsp3) is 0.875. The molecular formula is C16H27NO3. The van der Waals surface area contributed by atoms with E-state index in [9.17, 15) is 9.59 Å². The van der Waals surface area contributed by atoms with Crippen LogP contribution in [0.2, 0.25) is 0 Å². The summed E-state index contributed by atoms with van der Waals surface area (Å²) in [6, 6.07) is 0. The van der Waals surface area contributed by atoms with Gasteiger partial charge in [0.15, 0.2) is 0 Å². The molecule has 2 N–H and O–H groups in total. The minimum absolute atomic E-state index is 0.0318. The first-order valence-corrected chi connectivity index (χ1v) is 8.07. The van der Waals surface area contributed by atoms with Crippen molar-refractivity contribution < 1.29 is 14.7 Å². The summed E-state index contributed by atoms with van der Waals surface area (Å²) >= 11 is 0. The third kappa shape index (κ3) is 3.53. The Morgan fingerprint density at radius 2 is 1.75 bits per heavy atom. The summed E-state index contributed by atoms with van der Waals surface area (Å²) in [5, 5.41) is 12.1. The number of hydrogen-bond acceptors (Lipinski definition) is 2. The van der Waals surface area contributed by atoms with E-state index in [0.717, 1.165) is 19.4 Å². The maximum absolute atomic E-state index is 12.2. The first kappa shape index (κ1) is 15.3. The van der Waals surface area contributed by atoms with E-state index in [4.69, 9.17) is 5.11 Å². The van der Waals surface area contributed by atoms with Crippen molar-refractivity contribution >= 4 is 11.9 Å². The highest BCUT2D eigenvalue weighted by Crippen LogP contribution is 2.44. The van der Waals surface area contributed by atoms with E-state index in [2.05, 4.69) is 12.2 Å². The molecule has 0 heterocycles. The van der Waals surface area contributed by atoms with Crippen LogP contribution in [0.25, 0.3) is 0 Å². The Morgan fingerprint density at radius 1 is 1.15 bits per heavy atom. The lowest BCUT2D eigenvalue weighted by Crippen LogP contribution is -2.44. The van der Waals surface area contributed by atoms with Crippen LogP contribution in [-0.4, -0.2) is 23.5 Å². The van der Waals surface area contributed by atoms with Crippen LogP contribution in [0.3, 0.4) is 0 Å². The number of aliphatic carboxylic acids is 1. The second-order valence-electron chi connectivity index (χ2n) is 6.71. The quantitative estimate of drug-likeness (QED) is 0.786. The van der Waals surface area contributed by atoms with Crippen LogP contribution in [0.1, 0.15) is 64.7 Å². The van der Waals surface area contributed by atoms with Gasteiger partial charge in [0, 0.05) is 12.5 Å². The van der Waals surface area contributed by atoms with Crippen molar-refractivity contribution in [2.45, 2.75) is 64.7 Å². The zero-order valence-electron chi connectivity index (χ0n) is 12.5. The van der Waals surface area contributed by atoms with Crippen molar-refractivity contribution in [2.75, 3.05) is 6.54 Å². The largest absolute Gasteiger partial charge is 0.481 e. The molecule has 20 heavy (non-hydrogen) atoms. The molecule has 0 saturated heterocycles. The highest BCUT2D eigenvalue weighted by molar-refractivity contribution is 5.79. The van der Waals surface area contributed by atoms with Gasteiger partial charge in [-0.25, -0.2) is 0 Å². The molecule has 0 aliphatic heterocycles. The van der Waals surface area contributed by atoms with E-state index < -0.39 is 5.97 Å². The van der Waals surface area contributed by atoms with Gasteiger partial charge in [-0.05, 0) is 50.4 Å². The van der Waals surface area contributed by atoms with Crippen LogP contribution in [0.5, 0.6) is 0 Å². The molecular weight excluding hydrogens is 254 g/mol. The molecule has 1 amide bonds. The molecule has 0 aromatic carbocycles. The molecule has 114 valence electrons. The van der Waals surface area contributed by atoms with Gasteiger partial charge >= 0.3 is 5.97 Å². The normalized spacial score (nSPS) is 28.4. The Labute approximate surface area is 121 Å². The molecule has 4 nitrogen and oxygen atoms in total. The maximum Gasteiger partial charge on any atom is 0.306 e. The van der Waals surface area contributed by atoms with Crippen molar-refractivity contribution in [3.05, 3.63) is 0 Å². The van der Waals surface area contributed by atoms with Gasteiger partial charge in [-0.15, -0.1) is 0 Å². The molecule has 0 bridgehead atoms. The van der Waals surface area contributed by atoms with Crippen molar-refractivity contribution in [1.29, 1.82) is 0 Å². The number of rotatable bonds is 6. The van der Waals surface area contributed by atoms with E-state index in [-0.39, 0.29) is 17.7 Å². The summed E-state index contributed by atoms with van der Waals surface area (Å²) in [5.74, 6) is -0.766. The van der Waals surface area contributed by atoms with Crippen molar-refractivity contribution in [3.63, 3.8) is 0 Å². The fourth-order valence-electron chi connectivity index (χ4n) is 3.74. The number of carbonyl (C=O) groups is 2. The standard InChI is InChI=1S/C16H27NO3/c1-2-8-16(9-3-10-16)11-17-14(18)12-4-6-13(7-5-12)15(19)20/h12-13H,2-11H2,1H3,(H,17,18)(H,19,20). The van der Waals surface area contributed by atoms with Crippen LogP contribution < -0.4 is 5.32 Å². The topological polar surface area (TPSA) is 66.4 Å². The van der Waals surface area contributed by atoms with Crippen molar-refractivity contribution in [3.8, 4) is 0 Å². The van der Waals surface area contributed by atoms with Gasteiger partial charge in [0.1, 0.15) is 0 Å². The molecule has 2 aliphatic carbocycles. The molecule has 0 unspecified atom stereocenters. The number of carbonyl (C=O) groups excluding carboxylic acids is 1. The lowest BCUT2D eigenvalue weighted by Gasteiger charge is -2.42. The summed E-state index contributed by atoms with van der Waals surface area (Å²) in [7, 11) is 0. The molecule has 2 rings (SSSR count). The fourth-order valence-corrected chi connectivity index (χ4v) is 3.74. The first-order chi connectivity index (χ1) is 9.56. The molecule has 0 aromatic rings. The van der Waals surface area contributed by atoms with Gasteiger partial charge in [0.2, 0.25) is 5.91 Å². The van der Waals surface area contributed by atoms with Gasteiger partial charge in [-0.3, -0.25) is 9.59 Å². The minimum Gasteiger partial charge on any atom is -0.481 e. The van der Waals surface area contributed by atoms with Gasteiger partial charge in [0.25, 0.3) is 0 Å². The molecule has 2 saturated carbocycles. The van der Waals surface area contributed by atoms with E-state index in [0.29, 0.717) is 18.3 Å². The van der Waals surface area contributed by atoms with Crippen LogP contribution in [0.4, 0.5) is 0 Å². The van der Waals surface area contributed by atoms with Gasteiger partial charge in [0.05, 0.1) is 5.92 Å². The number of nitrogens with one attached hydrogen (secondary N) is 1. The maximum atomic E-state index is 12.2. The van der Waals surface area contributed by atoms with Gasteiger partial charge in [-0.1, -0.05) is 19.8 Å². The Bertz CT molecular complexity index is 355. The first-order valence-electron chi connectivity index (χ1n) is 8.07. The molecule has 4 heteroatoms. The number of amides is 1. The average molecular weight is 281 g/mol. The monoisotopic (exact) mass is 281 g/mol. The van der Waals surface area contributed by atoms with E-state index >= 15 is 0 Å². The molecule has 0 aromatic heterocycles. The summed E-state index contributed by atoms with van der Waals surface area (Å²) in [6.45, 7) is 3.02. The number of hydrogen-bond donors (Lipinski definition) is 2. The summed E-state index contributed by atoms with van der Waals surface area (Å²) in [5.41, 5.74) is 0.364. The predicted molar refractivity (Wildman–Crippen MR) is 77.3 cm³/mol. The molecule has 2 aliphatic rings.